The van der Waals surface area contributed by atoms with Crippen molar-refractivity contribution in [3.8, 4) is 0 Å². The third kappa shape index (κ3) is 4.42. The number of nitrogens with two attached hydrogens (primary N) is 1. The summed E-state index contributed by atoms with van der Waals surface area (Å²) in [4.78, 5) is 0.978. The average molecular weight is 183 g/mol. The molecule has 0 amide bonds. The average Bonchev–Trinajstić information content (AvgIpc) is 2.04. The second-order valence-corrected chi connectivity index (χ2v) is 3.79. The van der Waals surface area contributed by atoms with Crippen LogP contribution in [0.5, 0.6) is 0 Å². The van der Waals surface area contributed by atoms with Gasteiger partial charge in [-0.3, -0.25) is 0 Å². The lowest BCUT2D eigenvalue weighted by atomic mass is 10.1. The summed E-state index contributed by atoms with van der Waals surface area (Å²) in [5.41, 5.74) is 7.17. The summed E-state index contributed by atoms with van der Waals surface area (Å²) in [7, 11) is 0. The van der Waals surface area contributed by atoms with E-state index in [1.807, 2.05) is 6.92 Å². The van der Waals surface area contributed by atoms with Gasteiger partial charge in [-0.1, -0.05) is 24.8 Å². The third-order valence-electron chi connectivity index (χ3n) is 1.68. The van der Waals surface area contributed by atoms with Gasteiger partial charge in [0.15, 0.2) is 0 Å². The monoisotopic (exact) mass is 183 g/mol. The molecule has 0 aromatic heterocycles. The Balaban J connectivity index is 3.94. The van der Waals surface area contributed by atoms with E-state index in [9.17, 15) is 0 Å². The molecule has 0 aliphatic carbocycles. The summed E-state index contributed by atoms with van der Waals surface area (Å²) in [6, 6.07) is 0.0456. The van der Waals surface area contributed by atoms with Gasteiger partial charge in [0.2, 0.25) is 0 Å². The Bertz CT molecular complexity index is 194. The molecule has 0 saturated carbocycles. The van der Waals surface area contributed by atoms with Crippen LogP contribution in [0.1, 0.15) is 20.3 Å². The molecule has 0 fully saturated rings. The first-order valence-corrected chi connectivity index (χ1v) is 4.83. The van der Waals surface area contributed by atoms with Crippen LogP contribution in [0.25, 0.3) is 0 Å². The normalized spacial score (nSPS) is 14.1. The van der Waals surface area contributed by atoms with Gasteiger partial charge in [0.25, 0.3) is 0 Å². The van der Waals surface area contributed by atoms with E-state index in [1.54, 1.807) is 5.41 Å². The Morgan fingerprint density at radius 2 is 2.25 bits per heavy atom. The van der Waals surface area contributed by atoms with E-state index in [1.165, 1.54) is 17.3 Å². The summed E-state index contributed by atoms with van der Waals surface area (Å²) >= 11 is 1.51. The highest BCUT2D eigenvalue weighted by atomic mass is 32.2. The number of allylic oxidation sites excluding steroid dienone is 1. The van der Waals surface area contributed by atoms with Crippen molar-refractivity contribution >= 4 is 11.8 Å². The van der Waals surface area contributed by atoms with Crippen molar-refractivity contribution in [1.82, 2.24) is 0 Å². The van der Waals surface area contributed by atoms with E-state index >= 15 is 0 Å². The number of thioether (sulfide) groups is 1. The maximum atomic E-state index is 5.87. The van der Waals surface area contributed by atoms with Crippen molar-refractivity contribution in [1.29, 1.82) is 0 Å². The SMILES string of the molecule is C=CSC(=C)C(N)C/C(C)=C\C. The van der Waals surface area contributed by atoms with Crippen LogP contribution in [0.15, 0.2) is 35.1 Å². The van der Waals surface area contributed by atoms with Crippen molar-refractivity contribution in [2.75, 3.05) is 0 Å². The standard InChI is InChI=1S/C10H17NS/c1-5-8(3)7-10(11)9(4)12-6-2/h5-6,10H,2,4,7,11H2,1,3H3/b8-5-. The molecule has 1 unspecified atom stereocenters. The Hall–Kier alpha value is -0.470. The zero-order chi connectivity index (χ0) is 9.56. The highest BCUT2D eigenvalue weighted by Crippen LogP contribution is 2.20. The second-order valence-electron chi connectivity index (χ2n) is 2.70. The molecule has 0 saturated heterocycles. The van der Waals surface area contributed by atoms with E-state index in [0.717, 1.165) is 11.3 Å². The first-order chi connectivity index (χ1) is 5.61. The Morgan fingerprint density at radius 3 is 2.67 bits per heavy atom. The molecule has 0 heterocycles. The van der Waals surface area contributed by atoms with E-state index in [4.69, 9.17) is 5.73 Å². The van der Waals surface area contributed by atoms with Crippen LogP contribution in [0, 0.1) is 0 Å². The highest BCUT2D eigenvalue weighted by molar-refractivity contribution is 8.05. The van der Waals surface area contributed by atoms with Crippen molar-refractivity contribution in [3.05, 3.63) is 35.1 Å². The second kappa shape index (κ2) is 6.09. The Labute approximate surface area is 79.4 Å². The summed E-state index contributed by atoms with van der Waals surface area (Å²) in [5, 5.41) is 1.76. The molecule has 0 spiro atoms. The van der Waals surface area contributed by atoms with E-state index < -0.39 is 0 Å². The Morgan fingerprint density at radius 1 is 1.67 bits per heavy atom. The largest absolute Gasteiger partial charge is 0.323 e. The molecular formula is C10H17NS. The molecule has 0 radical (unpaired) electrons. The van der Waals surface area contributed by atoms with Gasteiger partial charge in [-0.15, -0.1) is 11.8 Å². The molecule has 0 bridgehead atoms. The fourth-order valence-electron chi connectivity index (χ4n) is 0.773. The molecule has 0 aromatic rings. The van der Waals surface area contributed by atoms with Crippen LogP contribution in [-0.4, -0.2) is 6.04 Å². The van der Waals surface area contributed by atoms with Gasteiger partial charge < -0.3 is 5.73 Å². The van der Waals surface area contributed by atoms with Gasteiger partial charge >= 0.3 is 0 Å². The fourth-order valence-corrected chi connectivity index (χ4v) is 1.25. The van der Waals surface area contributed by atoms with E-state index in [0.29, 0.717) is 0 Å². The first-order valence-electron chi connectivity index (χ1n) is 3.95. The van der Waals surface area contributed by atoms with Crippen LogP contribution in [-0.2, 0) is 0 Å². The molecule has 1 nitrogen and oxygen atoms in total. The van der Waals surface area contributed by atoms with E-state index in [2.05, 4.69) is 26.2 Å². The predicted molar refractivity (Wildman–Crippen MR) is 59.0 cm³/mol. The topological polar surface area (TPSA) is 26.0 Å². The van der Waals surface area contributed by atoms with Gasteiger partial charge in [-0.25, -0.2) is 0 Å². The lowest BCUT2D eigenvalue weighted by molar-refractivity contribution is 0.791. The highest BCUT2D eigenvalue weighted by Gasteiger charge is 2.06. The number of hydrogen-bond acceptors (Lipinski definition) is 2. The molecule has 1 atom stereocenters. The Kier molecular flexibility index (Phi) is 5.85. The van der Waals surface area contributed by atoms with Crippen molar-refractivity contribution in [2.45, 2.75) is 26.3 Å². The minimum absolute atomic E-state index is 0.0456. The molecular weight excluding hydrogens is 166 g/mol. The van der Waals surface area contributed by atoms with E-state index in [-0.39, 0.29) is 6.04 Å². The van der Waals surface area contributed by atoms with Gasteiger partial charge in [-0.2, -0.15) is 0 Å². The summed E-state index contributed by atoms with van der Waals surface area (Å²) < 4.78 is 0. The van der Waals surface area contributed by atoms with Gasteiger partial charge in [0.1, 0.15) is 0 Å². The molecule has 0 aliphatic heterocycles. The molecule has 12 heavy (non-hydrogen) atoms. The predicted octanol–water partition coefficient (Wildman–Crippen LogP) is 3.06. The lowest BCUT2D eigenvalue weighted by Gasteiger charge is -2.12. The third-order valence-corrected chi connectivity index (χ3v) is 2.46. The molecule has 68 valence electrons. The van der Waals surface area contributed by atoms with Crippen LogP contribution in [0.4, 0.5) is 0 Å². The van der Waals surface area contributed by atoms with Crippen LogP contribution < -0.4 is 5.73 Å². The number of rotatable bonds is 5. The van der Waals surface area contributed by atoms with Gasteiger partial charge in [-0.05, 0) is 30.6 Å². The van der Waals surface area contributed by atoms with Crippen LogP contribution in [0.3, 0.4) is 0 Å². The first kappa shape index (κ1) is 11.5. The number of hydrogen-bond donors (Lipinski definition) is 1. The smallest absolute Gasteiger partial charge is 0.0389 e. The molecule has 2 heteroatoms. The lowest BCUT2D eigenvalue weighted by Crippen LogP contribution is -2.20. The van der Waals surface area contributed by atoms with Crippen molar-refractivity contribution in [2.24, 2.45) is 5.73 Å². The zero-order valence-corrected chi connectivity index (χ0v) is 8.66. The van der Waals surface area contributed by atoms with Crippen LogP contribution >= 0.6 is 11.8 Å². The van der Waals surface area contributed by atoms with Crippen molar-refractivity contribution < 1.29 is 0 Å². The van der Waals surface area contributed by atoms with Gasteiger partial charge in [0.05, 0.1) is 0 Å². The van der Waals surface area contributed by atoms with Crippen LogP contribution in [0.2, 0.25) is 0 Å². The summed E-state index contributed by atoms with van der Waals surface area (Å²) in [5.74, 6) is 0. The van der Waals surface area contributed by atoms with Crippen molar-refractivity contribution in [3.63, 3.8) is 0 Å². The minimum atomic E-state index is 0.0456. The van der Waals surface area contributed by atoms with Gasteiger partial charge in [0, 0.05) is 6.04 Å². The molecule has 2 N–H and O–H groups in total. The fraction of sp³-hybridized carbons (Fsp3) is 0.400. The summed E-state index contributed by atoms with van der Waals surface area (Å²) in [6.07, 6.45) is 2.96. The zero-order valence-electron chi connectivity index (χ0n) is 7.84. The summed E-state index contributed by atoms with van der Waals surface area (Å²) in [6.45, 7) is 11.6. The molecule has 0 aromatic carbocycles. The minimum Gasteiger partial charge on any atom is -0.323 e. The molecule has 0 aliphatic rings. The maximum Gasteiger partial charge on any atom is 0.0389 e. The quantitative estimate of drug-likeness (QED) is 0.663. The molecule has 0 rings (SSSR count). The maximum absolute atomic E-state index is 5.87.